The maximum absolute atomic E-state index is 14.3. The van der Waals surface area contributed by atoms with Gasteiger partial charge in [0.15, 0.2) is 5.78 Å². The summed E-state index contributed by atoms with van der Waals surface area (Å²) < 4.78 is 26.7. The fourth-order valence-corrected chi connectivity index (χ4v) is 3.63. The van der Waals surface area contributed by atoms with Crippen LogP contribution in [0.5, 0.6) is 11.5 Å². The second-order valence-electron chi connectivity index (χ2n) is 7.26. The molecular formula is C26H22FNO4. The molecule has 6 heteroatoms. The third-order valence-electron chi connectivity index (χ3n) is 5.26. The molecule has 0 spiro atoms. The number of carbonyl (C=O) groups is 1. The van der Waals surface area contributed by atoms with Crippen molar-refractivity contribution in [1.29, 1.82) is 0 Å². The van der Waals surface area contributed by atoms with Crippen LogP contribution >= 0.6 is 0 Å². The summed E-state index contributed by atoms with van der Waals surface area (Å²) in [7, 11) is 1.51. The summed E-state index contributed by atoms with van der Waals surface area (Å²) in [5, 5.41) is 0.331. The Hall–Kier alpha value is -3.93. The van der Waals surface area contributed by atoms with Gasteiger partial charge in [-0.1, -0.05) is 18.2 Å². The Morgan fingerprint density at radius 3 is 2.41 bits per heavy atom. The van der Waals surface area contributed by atoms with E-state index in [1.807, 2.05) is 6.92 Å². The van der Waals surface area contributed by atoms with Crippen molar-refractivity contribution < 1.29 is 18.7 Å². The van der Waals surface area contributed by atoms with Crippen LogP contribution in [0.2, 0.25) is 0 Å². The molecule has 32 heavy (non-hydrogen) atoms. The number of pyridine rings is 1. The molecule has 5 nitrogen and oxygen atoms in total. The normalized spacial score (nSPS) is 10.8. The van der Waals surface area contributed by atoms with Crippen LogP contribution in [-0.2, 0) is 6.54 Å². The van der Waals surface area contributed by atoms with Crippen LogP contribution in [0.1, 0.15) is 28.4 Å². The molecule has 0 aliphatic heterocycles. The van der Waals surface area contributed by atoms with Gasteiger partial charge in [-0.2, -0.15) is 0 Å². The Bertz CT molecular complexity index is 1340. The number of benzene rings is 3. The summed E-state index contributed by atoms with van der Waals surface area (Å²) in [6.45, 7) is 2.56. The number of ether oxygens (including phenoxy) is 2. The van der Waals surface area contributed by atoms with E-state index in [1.54, 1.807) is 65.2 Å². The van der Waals surface area contributed by atoms with Gasteiger partial charge in [0.1, 0.15) is 17.3 Å². The minimum Gasteiger partial charge on any atom is -0.497 e. The number of hydrogen-bond acceptors (Lipinski definition) is 4. The van der Waals surface area contributed by atoms with E-state index < -0.39 is 11.2 Å². The van der Waals surface area contributed by atoms with Gasteiger partial charge in [0.2, 0.25) is 5.43 Å². The molecule has 162 valence electrons. The SMILES string of the molecule is CCOc1ccc(C(=O)c2cn(Cc3ccccc3F)c3ccc(OC)cc3c2=O)cc1. The third-order valence-corrected chi connectivity index (χ3v) is 5.26. The summed E-state index contributed by atoms with van der Waals surface area (Å²) in [5.41, 5.74) is 1.01. The average Bonchev–Trinajstić information content (AvgIpc) is 2.82. The van der Waals surface area contributed by atoms with Crippen molar-refractivity contribution in [3.8, 4) is 11.5 Å². The number of hydrogen-bond donors (Lipinski definition) is 0. The first-order valence-electron chi connectivity index (χ1n) is 10.2. The van der Waals surface area contributed by atoms with Crippen LogP contribution in [0.4, 0.5) is 4.39 Å². The molecule has 0 N–H and O–H groups in total. The third kappa shape index (κ3) is 4.12. The lowest BCUT2D eigenvalue weighted by Crippen LogP contribution is -2.20. The Balaban J connectivity index is 1.86. The summed E-state index contributed by atoms with van der Waals surface area (Å²) in [5.74, 6) is 0.374. The van der Waals surface area contributed by atoms with Crippen molar-refractivity contribution in [1.82, 2.24) is 4.57 Å². The topological polar surface area (TPSA) is 57.5 Å². The number of ketones is 1. The van der Waals surface area contributed by atoms with Crippen LogP contribution in [0.15, 0.2) is 77.7 Å². The Labute approximate surface area is 184 Å². The zero-order valence-corrected chi connectivity index (χ0v) is 17.8. The van der Waals surface area contributed by atoms with E-state index in [0.717, 1.165) is 0 Å². The molecule has 1 aromatic heterocycles. The van der Waals surface area contributed by atoms with E-state index in [-0.39, 0.29) is 17.9 Å². The lowest BCUT2D eigenvalue weighted by molar-refractivity contribution is 0.103. The first-order valence-corrected chi connectivity index (χ1v) is 10.2. The van der Waals surface area contributed by atoms with Gasteiger partial charge in [0.05, 0.1) is 36.7 Å². The van der Waals surface area contributed by atoms with Crippen LogP contribution in [0, 0.1) is 5.82 Å². The van der Waals surface area contributed by atoms with Crippen molar-refractivity contribution in [2.45, 2.75) is 13.5 Å². The van der Waals surface area contributed by atoms with E-state index in [0.29, 0.717) is 40.1 Å². The van der Waals surface area contributed by atoms with Gasteiger partial charge >= 0.3 is 0 Å². The Morgan fingerprint density at radius 2 is 1.72 bits per heavy atom. The molecule has 0 saturated heterocycles. The molecule has 0 aliphatic carbocycles. The highest BCUT2D eigenvalue weighted by Gasteiger charge is 2.18. The second kappa shape index (κ2) is 9.06. The van der Waals surface area contributed by atoms with Gasteiger partial charge < -0.3 is 14.0 Å². The van der Waals surface area contributed by atoms with E-state index in [9.17, 15) is 14.0 Å². The van der Waals surface area contributed by atoms with Gasteiger partial charge in [-0.25, -0.2) is 4.39 Å². The molecule has 3 aromatic carbocycles. The summed E-state index contributed by atoms with van der Waals surface area (Å²) in [4.78, 5) is 26.5. The van der Waals surface area contributed by atoms with Gasteiger partial charge in [0.25, 0.3) is 0 Å². The number of nitrogens with zero attached hydrogens (tertiary/aromatic N) is 1. The molecule has 0 amide bonds. The van der Waals surface area contributed by atoms with Crippen molar-refractivity contribution in [3.63, 3.8) is 0 Å². The molecule has 0 saturated carbocycles. The zero-order valence-electron chi connectivity index (χ0n) is 17.8. The molecule has 0 radical (unpaired) electrons. The number of halogens is 1. The molecule has 0 atom stereocenters. The lowest BCUT2D eigenvalue weighted by atomic mass is 10.0. The highest BCUT2D eigenvalue weighted by Crippen LogP contribution is 2.22. The molecule has 0 aliphatic rings. The molecule has 4 aromatic rings. The fourth-order valence-electron chi connectivity index (χ4n) is 3.63. The fraction of sp³-hybridized carbons (Fsp3) is 0.154. The quantitative estimate of drug-likeness (QED) is 0.394. The molecular weight excluding hydrogens is 409 g/mol. The molecule has 0 fully saturated rings. The van der Waals surface area contributed by atoms with Gasteiger partial charge in [0, 0.05) is 17.3 Å². The van der Waals surface area contributed by atoms with E-state index in [1.165, 1.54) is 19.4 Å². The van der Waals surface area contributed by atoms with Crippen molar-refractivity contribution in [3.05, 3.63) is 106 Å². The predicted molar refractivity (Wildman–Crippen MR) is 121 cm³/mol. The first kappa shape index (κ1) is 21.3. The number of aromatic nitrogens is 1. The Kier molecular flexibility index (Phi) is 6.03. The maximum atomic E-state index is 14.3. The number of fused-ring (bicyclic) bond motifs is 1. The van der Waals surface area contributed by atoms with Gasteiger partial charge in [-0.05, 0) is 55.5 Å². The molecule has 4 rings (SSSR count). The number of methoxy groups -OCH3 is 1. The van der Waals surface area contributed by atoms with Crippen LogP contribution < -0.4 is 14.9 Å². The second-order valence-corrected chi connectivity index (χ2v) is 7.26. The zero-order chi connectivity index (χ0) is 22.7. The summed E-state index contributed by atoms with van der Waals surface area (Å²) >= 11 is 0. The smallest absolute Gasteiger partial charge is 0.200 e. The highest BCUT2D eigenvalue weighted by molar-refractivity contribution is 6.10. The summed E-state index contributed by atoms with van der Waals surface area (Å²) in [6.07, 6.45) is 1.50. The molecule has 1 heterocycles. The van der Waals surface area contributed by atoms with Gasteiger partial charge in [-0.3, -0.25) is 9.59 Å². The summed E-state index contributed by atoms with van der Waals surface area (Å²) in [6, 6.07) is 18.1. The van der Waals surface area contributed by atoms with Crippen LogP contribution in [0.3, 0.4) is 0 Å². The minimum absolute atomic E-state index is 0.00579. The Morgan fingerprint density at radius 1 is 1.00 bits per heavy atom. The van der Waals surface area contributed by atoms with Crippen LogP contribution in [0.25, 0.3) is 10.9 Å². The van der Waals surface area contributed by atoms with Crippen molar-refractivity contribution in [2.75, 3.05) is 13.7 Å². The molecule has 0 unspecified atom stereocenters. The van der Waals surface area contributed by atoms with Crippen molar-refractivity contribution >= 4 is 16.7 Å². The lowest BCUT2D eigenvalue weighted by Gasteiger charge is -2.15. The maximum Gasteiger partial charge on any atom is 0.200 e. The van der Waals surface area contributed by atoms with Gasteiger partial charge in [-0.15, -0.1) is 0 Å². The number of carbonyl (C=O) groups excluding carboxylic acids is 1. The predicted octanol–water partition coefficient (Wildman–Crippen LogP) is 4.83. The highest BCUT2D eigenvalue weighted by atomic mass is 19.1. The van der Waals surface area contributed by atoms with E-state index >= 15 is 0 Å². The average molecular weight is 431 g/mol. The van der Waals surface area contributed by atoms with Crippen LogP contribution in [-0.4, -0.2) is 24.1 Å². The van der Waals surface area contributed by atoms with E-state index in [2.05, 4.69) is 0 Å². The first-order chi connectivity index (χ1) is 15.5. The number of rotatable bonds is 7. The molecule has 0 bridgehead atoms. The monoisotopic (exact) mass is 431 g/mol. The van der Waals surface area contributed by atoms with E-state index in [4.69, 9.17) is 9.47 Å². The standard InChI is InChI=1S/C26H22FNO4/c1-3-32-19-10-8-17(9-11-19)25(29)22-16-28(15-18-6-4-5-7-23(18)27)24-13-12-20(31-2)14-21(24)26(22)30/h4-14,16H,3,15H2,1-2H3. The minimum atomic E-state index is -0.412. The van der Waals surface area contributed by atoms with Crippen molar-refractivity contribution in [2.24, 2.45) is 0 Å². The largest absolute Gasteiger partial charge is 0.497 e.